The number of nitrogens with zero attached hydrogens (tertiary/aromatic N) is 1. The molecule has 6 heteroatoms. The minimum absolute atomic E-state index is 0.0339. The van der Waals surface area contributed by atoms with Gasteiger partial charge in [-0.3, -0.25) is 13.8 Å². The summed E-state index contributed by atoms with van der Waals surface area (Å²) in [4.78, 5) is 26.9. The highest BCUT2D eigenvalue weighted by Crippen LogP contribution is 2.13. The van der Waals surface area contributed by atoms with Crippen LogP contribution in [0, 0.1) is 0 Å². The predicted molar refractivity (Wildman–Crippen MR) is 90.7 cm³/mol. The molecule has 2 rings (SSSR count). The second kappa shape index (κ2) is 7.73. The Morgan fingerprint density at radius 2 is 1.65 bits per heavy atom. The fourth-order valence-electron chi connectivity index (χ4n) is 2.57. The Morgan fingerprint density at radius 3 is 2.17 bits per heavy atom. The second-order valence-electron chi connectivity index (χ2n) is 6.10. The molecule has 1 fully saturated rings. The van der Waals surface area contributed by atoms with E-state index in [0.29, 0.717) is 10.5 Å². The Kier molecular flexibility index (Phi) is 5.93. The lowest BCUT2D eigenvalue weighted by Gasteiger charge is -2.21. The molecule has 0 spiro atoms. The third-order valence-electron chi connectivity index (χ3n) is 3.91. The van der Waals surface area contributed by atoms with Crippen LogP contribution in [0.1, 0.15) is 44.0 Å². The van der Waals surface area contributed by atoms with Crippen LogP contribution in [0.2, 0.25) is 0 Å². The average Bonchev–Trinajstić information content (AvgIpc) is 3.07. The lowest BCUT2D eigenvalue weighted by Crippen LogP contribution is -2.45. The van der Waals surface area contributed by atoms with E-state index in [0.717, 1.165) is 25.9 Å². The molecule has 1 aromatic rings. The maximum Gasteiger partial charge on any atom is 0.251 e. The van der Waals surface area contributed by atoms with Gasteiger partial charge < -0.3 is 10.2 Å². The van der Waals surface area contributed by atoms with Gasteiger partial charge in [0.05, 0.1) is 10.8 Å². The molecule has 23 heavy (non-hydrogen) atoms. The maximum absolute atomic E-state index is 12.2. The summed E-state index contributed by atoms with van der Waals surface area (Å²) in [7, 11) is -1.07. The number of nitrogens with one attached hydrogen (secondary N) is 1. The number of hydrogen-bond donors (Lipinski definition) is 1. The van der Waals surface area contributed by atoms with Crippen molar-refractivity contribution in [1.29, 1.82) is 0 Å². The Bertz CT molecular complexity index is 592. The summed E-state index contributed by atoms with van der Waals surface area (Å²) in [6.45, 7) is 7.04. The zero-order valence-corrected chi connectivity index (χ0v) is 14.7. The van der Waals surface area contributed by atoms with Gasteiger partial charge in [-0.15, -0.1) is 0 Å². The van der Waals surface area contributed by atoms with Crippen molar-refractivity contribution >= 4 is 22.6 Å². The first kappa shape index (κ1) is 17.7. The van der Waals surface area contributed by atoms with Gasteiger partial charge in [-0.1, -0.05) is 13.8 Å². The van der Waals surface area contributed by atoms with E-state index < -0.39 is 16.8 Å². The molecule has 1 aliphatic heterocycles. The van der Waals surface area contributed by atoms with Crippen molar-refractivity contribution in [3.63, 3.8) is 0 Å². The van der Waals surface area contributed by atoms with Gasteiger partial charge in [0, 0.05) is 28.8 Å². The summed E-state index contributed by atoms with van der Waals surface area (Å²) in [5.41, 5.74) is 0.468. The van der Waals surface area contributed by atoms with Crippen LogP contribution in [0.5, 0.6) is 0 Å². The fourth-order valence-corrected chi connectivity index (χ4v) is 3.51. The van der Waals surface area contributed by atoms with Crippen LogP contribution in [-0.2, 0) is 15.6 Å². The fraction of sp³-hybridized carbons (Fsp3) is 0.529. The largest absolute Gasteiger partial charge is 0.341 e. The van der Waals surface area contributed by atoms with E-state index in [9.17, 15) is 13.8 Å². The Hall–Kier alpha value is -1.69. The molecule has 1 N–H and O–H groups in total. The van der Waals surface area contributed by atoms with Crippen molar-refractivity contribution in [1.82, 2.24) is 10.2 Å². The summed E-state index contributed by atoms with van der Waals surface area (Å²) >= 11 is 0. The number of amides is 2. The first-order valence-corrected chi connectivity index (χ1v) is 9.21. The first-order chi connectivity index (χ1) is 10.9. The third-order valence-corrected chi connectivity index (χ3v) is 5.51. The number of benzene rings is 1. The molecule has 2 atom stereocenters. The van der Waals surface area contributed by atoms with Gasteiger partial charge in [0.25, 0.3) is 5.91 Å². The van der Waals surface area contributed by atoms with E-state index in [4.69, 9.17) is 0 Å². The summed E-state index contributed by atoms with van der Waals surface area (Å²) in [5, 5.41) is 2.77. The maximum atomic E-state index is 12.2. The minimum Gasteiger partial charge on any atom is -0.341 e. The molecule has 0 aromatic heterocycles. The number of rotatable bonds is 5. The molecule has 126 valence electrons. The standard InChI is InChI=1S/C17H24N2O3S/c1-12(2)23(22)15-8-6-14(7-9-15)16(20)18-13(3)17(21)19-10-4-5-11-19/h6-9,12-13H,4-5,10-11H2,1-3H3,(H,18,20)/t13-,23-/m0/s1. The molecule has 0 radical (unpaired) electrons. The van der Waals surface area contributed by atoms with E-state index in [1.54, 1.807) is 36.1 Å². The SMILES string of the molecule is CC(C)[S@](=O)c1ccc(C(=O)N[C@@H](C)C(=O)N2CCCC2)cc1. The van der Waals surface area contributed by atoms with Crippen LogP contribution >= 0.6 is 0 Å². The van der Waals surface area contributed by atoms with Gasteiger partial charge in [-0.25, -0.2) is 0 Å². The van der Waals surface area contributed by atoms with E-state index >= 15 is 0 Å². The predicted octanol–water partition coefficient (Wildman–Crippen LogP) is 1.94. The number of hydrogen-bond acceptors (Lipinski definition) is 3. The molecule has 1 heterocycles. The van der Waals surface area contributed by atoms with Gasteiger partial charge in [0.15, 0.2) is 0 Å². The molecule has 5 nitrogen and oxygen atoms in total. The van der Waals surface area contributed by atoms with Crippen molar-refractivity contribution in [2.75, 3.05) is 13.1 Å². The highest BCUT2D eigenvalue weighted by molar-refractivity contribution is 7.85. The average molecular weight is 336 g/mol. The van der Waals surface area contributed by atoms with E-state index in [1.165, 1.54) is 0 Å². The van der Waals surface area contributed by atoms with Crippen LogP contribution in [0.4, 0.5) is 0 Å². The van der Waals surface area contributed by atoms with Gasteiger partial charge in [0.2, 0.25) is 5.91 Å². The molecule has 1 aromatic carbocycles. The number of likely N-dealkylation sites (tertiary alicyclic amines) is 1. The third kappa shape index (κ3) is 4.41. The summed E-state index contributed by atoms with van der Waals surface area (Å²) in [6, 6.07) is 6.18. The van der Waals surface area contributed by atoms with E-state index in [2.05, 4.69) is 5.32 Å². The van der Waals surface area contributed by atoms with E-state index in [-0.39, 0.29) is 17.1 Å². The van der Waals surface area contributed by atoms with Crippen molar-refractivity contribution in [2.24, 2.45) is 0 Å². The van der Waals surface area contributed by atoms with Crippen molar-refractivity contribution < 1.29 is 13.8 Å². The van der Waals surface area contributed by atoms with Crippen LogP contribution in [0.25, 0.3) is 0 Å². The van der Waals surface area contributed by atoms with Crippen LogP contribution in [0.3, 0.4) is 0 Å². The number of carbonyl (C=O) groups excluding carboxylic acids is 2. The lowest BCUT2D eigenvalue weighted by atomic mass is 10.2. The monoisotopic (exact) mass is 336 g/mol. The Labute approximate surface area is 139 Å². The topological polar surface area (TPSA) is 66.5 Å². The molecular weight excluding hydrogens is 312 g/mol. The normalized spacial score (nSPS) is 17.1. The highest BCUT2D eigenvalue weighted by atomic mass is 32.2. The van der Waals surface area contributed by atoms with Crippen molar-refractivity contribution in [3.8, 4) is 0 Å². The molecule has 1 aliphatic rings. The summed E-state index contributed by atoms with van der Waals surface area (Å²) in [6.07, 6.45) is 2.06. The molecule has 0 saturated carbocycles. The van der Waals surface area contributed by atoms with Gasteiger partial charge >= 0.3 is 0 Å². The molecule has 2 amide bonds. The van der Waals surface area contributed by atoms with Crippen LogP contribution in [-0.4, -0.2) is 45.3 Å². The van der Waals surface area contributed by atoms with Crippen LogP contribution < -0.4 is 5.32 Å². The Balaban J connectivity index is 1.97. The Morgan fingerprint density at radius 1 is 1.09 bits per heavy atom. The molecule has 0 unspecified atom stereocenters. The minimum atomic E-state index is -1.07. The van der Waals surface area contributed by atoms with Gasteiger partial charge in [-0.05, 0) is 44.0 Å². The molecule has 1 saturated heterocycles. The lowest BCUT2D eigenvalue weighted by molar-refractivity contribution is -0.131. The highest BCUT2D eigenvalue weighted by Gasteiger charge is 2.24. The zero-order valence-electron chi connectivity index (χ0n) is 13.9. The number of carbonyl (C=O) groups is 2. The van der Waals surface area contributed by atoms with Crippen molar-refractivity contribution in [2.45, 2.75) is 49.8 Å². The smallest absolute Gasteiger partial charge is 0.251 e. The molecule has 0 bridgehead atoms. The molecular formula is C17H24N2O3S. The van der Waals surface area contributed by atoms with Crippen molar-refractivity contribution in [3.05, 3.63) is 29.8 Å². The van der Waals surface area contributed by atoms with E-state index in [1.807, 2.05) is 13.8 Å². The van der Waals surface area contributed by atoms with Gasteiger partial charge in [-0.2, -0.15) is 0 Å². The zero-order chi connectivity index (χ0) is 17.0. The second-order valence-corrected chi connectivity index (χ2v) is 8.11. The summed E-state index contributed by atoms with van der Waals surface area (Å²) in [5.74, 6) is -0.319. The molecule has 0 aliphatic carbocycles. The first-order valence-electron chi connectivity index (χ1n) is 8.00. The summed E-state index contributed by atoms with van der Waals surface area (Å²) < 4.78 is 12.0. The quantitative estimate of drug-likeness (QED) is 0.894. The van der Waals surface area contributed by atoms with Crippen LogP contribution in [0.15, 0.2) is 29.2 Å². The van der Waals surface area contributed by atoms with Gasteiger partial charge in [0.1, 0.15) is 6.04 Å².